The van der Waals surface area contributed by atoms with E-state index in [2.05, 4.69) is 5.32 Å². The molecule has 0 aliphatic rings. The first kappa shape index (κ1) is 15.3. The van der Waals surface area contributed by atoms with E-state index in [0.717, 1.165) is 17.9 Å². The number of methoxy groups -OCH3 is 3. The second-order valence-corrected chi connectivity index (χ2v) is 4.43. The van der Waals surface area contributed by atoms with Gasteiger partial charge in [-0.2, -0.15) is 0 Å². The van der Waals surface area contributed by atoms with Gasteiger partial charge in [-0.1, -0.05) is 6.92 Å². The molecule has 0 aliphatic heterocycles. The van der Waals surface area contributed by atoms with Gasteiger partial charge in [-0.05, 0) is 30.8 Å². The van der Waals surface area contributed by atoms with E-state index < -0.39 is 0 Å². The van der Waals surface area contributed by atoms with Crippen molar-refractivity contribution in [2.75, 3.05) is 27.9 Å². The summed E-state index contributed by atoms with van der Waals surface area (Å²) in [5, 5.41) is 3.39. The molecule has 0 saturated heterocycles. The lowest BCUT2D eigenvalue weighted by molar-refractivity contribution is 0.319. The van der Waals surface area contributed by atoms with Crippen molar-refractivity contribution in [3.8, 4) is 17.2 Å². The van der Waals surface area contributed by atoms with E-state index >= 15 is 0 Å². The van der Waals surface area contributed by atoms with Crippen molar-refractivity contribution >= 4 is 0 Å². The number of benzene rings is 1. The lowest BCUT2D eigenvalue weighted by Gasteiger charge is -2.21. The molecule has 5 heteroatoms. The largest absolute Gasteiger partial charge is 0.493 e. The normalized spacial score (nSPS) is 12.0. The van der Waals surface area contributed by atoms with Gasteiger partial charge < -0.3 is 23.9 Å². The molecule has 0 bridgehead atoms. The molecular formula is C16H21NO4. The second-order valence-electron chi connectivity index (χ2n) is 4.43. The summed E-state index contributed by atoms with van der Waals surface area (Å²) in [6, 6.07) is 7.51. The molecule has 1 atom stereocenters. The first-order valence-corrected chi connectivity index (χ1v) is 6.82. The average molecular weight is 291 g/mol. The highest BCUT2D eigenvalue weighted by atomic mass is 16.5. The van der Waals surface area contributed by atoms with Gasteiger partial charge in [0.1, 0.15) is 5.76 Å². The minimum Gasteiger partial charge on any atom is -0.493 e. The van der Waals surface area contributed by atoms with Crippen LogP contribution in [0.5, 0.6) is 17.2 Å². The molecule has 1 unspecified atom stereocenters. The summed E-state index contributed by atoms with van der Waals surface area (Å²) < 4.78 is 21.8. The molecule has 0 saturated carbocycles. The molecule has 0 fully saturated rings. The van der Waals surface area contributed by atoms with Crippen LogP contribution >= 0.6 is 0 Å². The molecule has 0 aliphatic carbocycles. The standard InChI is InChI=1S/C16H21NO4/c1-5-17-14(12-7-6-10-21-12)11-8-9-13(18-2)16(20-4)15(11)19-3/h6-10,14,17H,5H2,1-4H3. The summed E-state index contributed by atoms with van der Waals surface area (Å²) in [6.45, 7) is 2.84. The minimum absolute atomic E-state index is 0.111. The Morgan fingerprint density at radius 2 is 1.81 bits per heavy atom. The third kappa shape index (κ3) is 2.97. The van der Waals surface area contributed by atoms with Crippen LogP contribution < -0.4 is 19.5 Å². The van der Waals surface area contributed by atoms with Crippen LogP contribution in [-0.4, -0.2) is 27.9 Å². The van der Waals surface area contributed by atoms with Crippen LogP contribution in [0.15, 0.2) is 34.9 Å². The van der Waals surface area contributed by atoms with Gasteiger partial charge in [0.15, 0.2) is 11.5 Å². The zero-order valence-electron chi connectivity index (χ0n) is 12.8. The van der Waals surface area contributed by atoms with Gasteiger partial charge in [-0.15, -0.1) is 0 Å². The molecule has 0 spiro atoms. The van der Waals surface area contributed by atoms with E-state index in [1.165, 1.54) is 0 Å². The van der Waals surface area contributed by atoms with Gasteiger partial charge in [-0.25, -0.2) is 0 Å². The van der Waals surface area contributed by atoms with Crippen molar-refractivity contribution in [2.24, 2.45) is 0 Å². The van der Waals surface area contributed by atoms with Gasteiger partial charge in [0, 0.05) is 5.56 Å². The van der Waals surface area contributed by atoms with E-state index in [0.29, 0.717) is 17.2 Å². The predicted octanol–water partition coefficient (Wildman–Crippen LogP) is 3.00. The van der Waals surface area contributed by atoms with Crippen molar-refractivity contribution in [3.05, 3.63) is 41.9 Å². The van der Waals surface area contributed by atoms with Crippen molar-refractivity contribution in [2.45, 2.75) is 13.0 Å². The van der Waals surface area contributed by atoms with Crippen LogP contribution in [0.1, 0.15) is 24.3 Å². The monoisotopic (exact) mass is 291 g/mol. The van der Waals surface area contributed by atoms with Crippen molar-refractivity contribution in [1.82, 2.24) is 5.32 Å². The lowest BCUT2D eigenvalue weighted by Crippen LogP contribution is -2.22. The number of nitrogens with one attached hydrogen (secondary N) is 1. The van der Waals surface area contributed by atoms with E-state index in [1.54, 1.807) is 27.6 Å². The molecule has 2 rings (SSSR count). The van der Waals surface area contributed by atoms with Crippen LogP contribution in [0.2, 0.25) is 0 Å². The van der Waals surface area contributed by atoms with Crippen LogP contribution in [-0.2, 0) is 0 Å². The topological polar surface area (TPSA) is 52.9 Å². The van der Waals surface area contributed by atoms with Crippen molar-refractivity contribution in [1.29, 1.82) is 0 Å². The molecule has 0 amide bonds. The highest BCUT2D eigenvalue weighted by molar-refractivity contribution is 5.57. The maximum Gasteiger partial charge on any atom is 0.203 e. The molecule has 1 N–H and O–H groups in total. The van der Waals surface area contributed by atoms with Gasteiger partial charge in [0.25, 0.3) is 0 Å². The Morgan fingerprint density at radius 3 is 2.33 bits per heavy atom. The average Bonchev–Trinajstić information content (AvgIpc) is 3.05. The van der Waals surface area contributed by atoms with Crippen molar-refractivity contribution in [3.63, 3.8) is 0 Å². The summed E-state index contributed by atoms with van der Waals surface area (Å²) >= 11 is 0. The molecule has 114 valence electrons. The lowest BCUT2D eigenvalue weighted by atomic mass is 10.0. The molecular weight excluding hydrogens is 270 g/mol. The summed E-state index contributed by atoms with van der Waals surface area (Å²) in [5.41, 5.74) is 0.937. The fraction of sp³-hybridized carbons (Fsp3) is 0.375. The van der Waals surface area contributed by atoms with Crippen molar-refractivity contribution < 1.29 is 18.6 Å². The van der Waals surface area contributed by atoms with Crippen LogP contribution in [0.25, 0.3) is 0 Å². The molecule has 0 radical (unpaired) electrons. The maximum absolute atomic E-state index is 5.55. The number of ether oxygens (including phenoxy) is 3. The summed E-state index contributed by atoms with van der Waals surface area (Å²) in [7, 11) is 4.82. The maximum atomic E-state index is 5.55. The number of rotatable bonds is 7. The molecule has 1 heterocycles. The van der Waals surface area contributed by atoms with Gasteiger partial charge in [0.2, 0.25) is 5.75 Å². The zero-order chi connectivity index (χ0) is 15.2. The highest BCUT2D eigenvalue weighted by Crippen LogP contribution is 2.43. The Morgan fingerprint density at radius 1 is 1.05 bits per heavy atom. The van der Waals surface area contributed by atoms with Crippen LogP contribution in [0, 0.1) is 0 Å². The Bertz CT molecular complexity index is 566. The smallest absolute Gasteiger partial charge is 0.203 e. The van der Waals surface area contributed by atoms with Crippen LogP contribution in [0.3, 0.4) is 0 Å². The zero-order valence-corrected chi connectivity index (χ0v) is 12.8. The second kappa shape index (κ2) is 7.04. The van der Waals surface area contributed by atoms with Gasteiger partial charge in [0.05, 0.1) is 33.6 Å². The van der Waals surface area contributed by atoms with E-state index in [1.807, 2.05) is 31.2 Å². The van der Waals surface area contributed by atoms with Gasteiger partial charge >= 0.3 is 0 Å². The number of hydrogen-bond donors (Lipinski definition) is 1. The fourth-order valence-corrected chi connectivity index (χ4v) is 2.38. The SMILES string of the molecule is CCNC(c1ccco1)c1ccc(OC)c(OC)c1OC. The predicted molar refractivity (Wildman–Crippen MR) is 80.3 cm³/mol. The van der Waals surface area contributed by atoms with E-state index in [9.17, 15) is 0 Å². The fourth-order valence-electron chi connectivity index (χ4n) is 2.38. The summed E-state index contributed by atoms with van der Waals surface area (Å²) in [4.78, 5) is 0. The molecule has 1 aromatic heterocycles. The molecule has 5 nitrogen and oxygen atoms in total. The Hall–Kier alpha value is -2.14. The Labute approximate surface area is 124 Å². The minimum atomic E-state index is -0.111. The molecule has 21 heavy (non-hydrogen) atoms. The third-order valence-corrected chi connectivity index (χ3v) is 3.28. The van der Waals surface area contributed by atoms with Crippen LogP contribution in [0.4, 0.5) is 0 Å². The first-order valence-electron chi connectivity index (χ1n) is 6.82. The van der Waals surface area contributed by atoms with E-state index in [4.69, 9.17) is 18.6 Å². The van der Waals surface area contributed by atoms with E-state index in [-0.39, 0.29) is 6.04 Å². The molecule has 2 aromatic rings. The first-order chi connectivity index (χ1) is 10.3. The summed E-state index contributed by atoms with van der Waals surface area (Å²) in [6.07, 6.45) is 1.66. The summed E-state index contributed by atoms with van der Waals surface area (Å²) in [5.74, 6) is 2.67. The quantitative estimate of drug-likeness (QED) is 0.850. The Balaban J connectivity index is 2.55. The van der Waals surface area contributed by atoms with Gasteiger partial charge in [-0.3, -0.25) is 0 Å². The highest BCUT2D eigenvalue weighted by Gasteiger charge is 2.24. The number of furan rings is 1. The third-order valence-electron chi connectivity index (χ3n) is 3.28. The molecule has 1 aromatic carbocycles. The Kier molecular flexibility index (Phi) is 5.11. The number of hydrogen-bond acceptors (Lipinski definition) is 5.